The highest BCUT2D eigenvalue weighted by Crippen LogP contribution is 2.32. The van der Waals surface area contributed by atoms with Crippen LogP contribution in [0.1, 0.15) is 37.8 Å². The number of aromatic hydroxyl groups is 1. The maximum atomic E-state index is 9.99. The topological polar surface area (TPSA) is 32.7 Å². The molecule has 18 heavy (non-hydrogen) atoms. The minimum absolute atomic E-state index is 0.323. The number of para-hydroxylation sites is 1. The zero-order valence-electron chi connectivity index (χ0n) is 11.3. The van der Waals surface area contributed by atoms with Gasteiger partial charge in [-0.1, -0.05) is 25.1 Å². The Morgan fingerprint density at radius 2 is 2.00 bits per heavy atom. The molecule has 1 aromatic rings. The summed E-state index contributed by atoms with van der Waals surface area (Å²) in [6.07, 6.45) is 3.60. The van der Waals surface area contributed by atoms with Crippen LogP contribution in [0.25, 0.3) is 0 Å². The maximum Gasteiger partial charge on any atom is 0.120 e. The van der Waals surface area contributed by atoms with E-state index in [-0.39, 0.29) is 0 Å². The van der Waals surface area contributed by atoms with E-state index in [0.29, 0.717) is 17.9 Å². The third-order valence-corrected chi connectivity index (χ3v) is 3.93. The number of methoxy groups -OCH3 is 1. The number of ether oxygens (including phenoxy) is 1. The molecule has 1 heterocycles. The van der Waals surface area contributed by atoms with E-state index in [1.807, 2.05) is 18.2 Å². The standard InChI is InChI=1S/C15H23NO2/c1-3-14(13-6-4-5-7-15(13)17)16-10-8-12(18-2)9-11-16/h4-7,12,14,17H,3,8-11H2,1-2H3. The highest BCUT2D eigenvalue weighted by Gasteiger charge is 2.26. The van der Waals surface area contributed by atoms with Crippen LogP contribution in [0.15, 0.2) is 24.3 Å². The Balaban J connectivity index is 2.08. The average Bonchev–Trinajstić information content (AvgIpc) is 2.42. The number of nitrogens with zero attached hydrogens (tertiary/aromatic N) is 1. The summed E-state index contributed by atoms with van der Waals surface area (Å²) >= 11 is 0. The van der Waals surface area contributed by atoms with Crippen molar-refractivity contribution in [1.29, 1.82) is 0 Å². The summed E-state index contributed by atoms with van der Waals surface area (Å²) in [5, 5.41) is 9.99. The molecule has 0 aliphatic carbocycles. The molecule has 1 saturated heterocycles. The molecule has 1 aromatic carbocycles. The van der Waals surface area contributed by atoms with E-state index >= 15 is 0 Å². The summed E-state index contributed by atoms with van der Waals surface area (Å²) in [4.78, 5) is 2.46. The quantitative estimate of drug-likeness (QED) is 0.890. The Kier molecular flexibility index (Phi) is 4.61. The summed E-state index contributed by atoms with van der Waals surface area (Å²) < 4.78 is 5.41. The van der Waals surface area contributed by atoms with E-state index in [0.717, 1.165) is 37.9 Å². The summed E-state index contributed by atoms with van der Waals surface area (Å²) in [7, 11) is 1.79. The van der Waals surface area contributed by atoms with Gasteiger partial charge in [-0.05, 0) is 25.3 Å². The van der Waals surface area contributed by atoms with Crippen LogP contribution in [0.3, 0.4) is 0 Å². The van der Waals surface area contributed by atoms with Crippen LogP contribution < -0.4 is 0 Å². The third-order valence-electron chi connectivity index (χ3n) is 3.93. The zero-order chi connectivity index (χ0) is 13.0. The molecule has 2 rings (SSSR count). The fourth-order valence-corrected chi connectivity index (χ4v) is 2.87. The summed E-state index contributed by atoms with van der Waals surface area (Å²) in [6, 6.07) is 8.01. The molecule has 1 aliphatic heterocycles. The molecule has 1 N–H and O–H groups in total. The Labute approximate surface area is 109 Å². The third kappa shape index (κ3) is 2.85. The molecule has 0 amide bonds. The van der Waals surface area contributed by atoms with Crippen molar-refractivity contribution in [2.75, 3.05) is 20.2 Å². The molecule has 0 radical (unpaired) electrons. The number of piperidine rings is 1. The predicted molar refractivity (Wildman–Crippen MR) is 72.7 cm³/mol. The molecule has 0 spiro atoms. The number of phenolic OH excluding ortho intramolecular Hbond substituents is 1. The SMILES string of the molecule is CCC(c1ccccc1O)N1CCC(OC)CC1. The van der Waals surface area contributed by atoms with Crippen LogP contribution in [-0.4, -0.2) is 36.3 Å². The normalized spacial score (nSPS) is 19.9. The van der Waals surface area contributed by atoms with E-state index in [2.05, 4.69) is 11.8 Å². The predicted octanol–water partition coefficient (Wildman–Crippen LogP) is 2.95. The van der Waals surface area contributed by atoms with E-state index in [4.69, 9.17) is 4.74 Å². The minimum Gasteiger partial charge on any atom is -0.508 e. The van der Waals surface area contributed by atoms with E-state index in [9.17, 15) is 5.11 Å². The summed E-state index contributed by atoms with van der Waals surface area (Å²) in [5.41, 5.74) is 1.05. The Morgan fingerprint density at radius 1 is 1.33 bits per heavy atom. The van der Waals surface area contributed by atoms with Crippen LogP contribution in [0, 0.1) is 0 Å². The second-order valence-electron chi connectivity index (χ2n) is 4.95. The summed E-state index contributed by atoms with van der Waals surface area (Å²) in [6.45, 7) is 4.27. The molecule has 1 atom stereocenters. The Bertz CT molecular complexity index is 373. The van der Waals surface area contributed by atoms with Crippen molar-refractivity contribution in [2.24, 2.45) is 0 Å². The van der Waals surface area contributed by atoms with Gasteiger partial charge in [-0.25, -0.2) is 0 Å². The van der Waals surface area contributed by atoms with Crippen molar-refractivity contribution in [3.05, 3.63) is 29.8 Å². The fraction of sp³-hybridized carbons (Fsp3) is 0.600. The van der Waals surface area contributed by atoms with Gasteiger partial charge in [-0.15, -0.1) is 0 Å². The molecular weight excluding hydrogens is 226 g/mol. The maximum absolute atomic E-state index is 9.99. The molecule has 1 unspecified atom stereocenters. The lowest BCUT2D eigenvalue weighted by atomic mass is 9.98. The van der Waals surface area contributed by atoms with Crippen molar-refractivity contribution >= 4 is 0 Å². The van der Waals surface area contributed by atoms with Crippen LogP contribution in [0.5, 0.6) is 5.75 Å². The molecule has 1 fully saturated rings. The average molecular weight is 249 g/mol. The number of benzene rings is 1. The number of hydrogen-bond acceptors (Lipinski definition) is 3. The van der Waals surface area contributed by atoms with Crippen molar-refractivity contribution < 1.29 is 9.84 Å². The highest BCUT2D eigenvalue weighted by molar-refractivity contribution is 5.34. The van der Waals surface area contributed by atoms with Gasteiger partial charge in [0, 0.05) is 31.8 Å². The lowest BCUT2D eigenvalue weighted by molar-refractivity contribution is 0.0258. The van der Waals surface area contributed by atoms with Crippen LogP contribution in [0.4, 0.5) is 0 Å². The molecular formula is C15H23NO2. The molecule has 0 saturated carbocycles. The number of likely N-dealkylation sites (tertiary alicyclic amines) is 1. The van der Waals surface area contributed by atoms with Crippen molar-refractivity contribution in [3.8, 4) is 5.75 Å². The highest BCUT2D eigenvalue weighted by atomic mass is 16.5. The van der Waals surface area contributed by atoms with E-state index < -0.39 is 0 Å². The van der Waals surface area contributed by atoms with Gasteiger partial charge in [0.15, 0.2) is 0 Å². The largest absolute Gasteiger partial charge is 0.508 e. The van der Waals surface area contributed by atoms with Gasteiger partial charge in [0.05, 0.1) is 6.10 Å². The lowest BCUT2D eigenvalue weighted by Crippen LogP contribution is -2.39. The molecule has 0 bridgehead atoms. The Morgan fingerprint density at radius 3 is 2.56 bits per heavy atom. The first-order chi connectivity index (χ1) is 8.76. The number of rotatable bonds is 4. The van der Waals surface area contributed by atoms with Gasteiger partial charge in [0.2, 0.25) is 0 Å². The molecule has 100 valence electrons. The van der Waals surface area contributed by atoms with E-state index in [1.54, 1.807) is 13.2 Å². The summed E-state index contributed by atoms with van der Waals surface area (Å²) in [5.74, 6) is 0.415. The lowest BCUT2D eigenvalue weighted by Gasteiger charge is -2.37. The van der Waals surface area contributed by atoms with Gasteiger partial charge in [0.1, 0.15) is 5.75 Å². The second-order valence-corrected chi connectivity index (χ2v) is 4.95. The zero-order valence-corrected chi connectivity index (χ0v) is 11.3. The minimum atomic E-state index is 0.323. The van der Waals surface area contributed by atoms with Gasteiger partial charge in [-0.3, -0.25) is 4.90 Å². The first-order valence-corrected chi connectivity index (χ1v) is 6.81. The van der Waals surface area contributed by atoms with Crippen molar-refractivity contribution in [2.45, 2.75) is 38.3 Å². The van der Waals surface area contributed by atoms with Crippen LogP contribution >= 0.6 is 0 Å². The van der Waals surface area contributed by atoms with Gasteiger partial charge in [-0.2, -0.15) is 0 Å². The van der Waals surface area contributed by atoms with Gasteiger partial charge >= 0.3 is 0 Å². The second kappa shape index (κ2) is 6.21. The first-order valence-electron chi connectivity index (χ1n) is 6.81. The Hall–Kier alpha value is -1.06. The molecule has 1 aliphatic rings. The van der Waals surface area contributed by atoms with Crippen molar-refractivity contribution in [1.82, 2.24) is 4.90 Å². The fourth-order valence-electron chi connectivity index (χ4n) is 2.87. The molecule has 3 heteroatoms. The van der Waals surface area contributed by atoms with Gasteiger partial charge < -0.3 is 9.84 Å². The first kappa shape index (κ1) is 13.4. The molecule has 3 nitrogen and oxygen atoms in total. The number of hydrogen-bond donors (Lipinski definition) is 1. The smallest absolute Gasteiger partial charge is 0.120 e. The number of phenols is 1. The van der Waals surface area contributed by atoms with Crippen LogP contribution in [0.2, 0.25) is 0 Å². The molecule has 0 aromatic heterocycles. The van der Waals surface area contributed by atoms with E-state index in [1.165, 1.54) is 0 Å². The monoisotopic (exact) mass is 249 g/mol. The van der Waals surface area contributed by atoms with Gasteiger partial charge in [0.25, 0.3) is 0 Å². The van der Waals surface area contributed by atoms with Crippen LogP contribution in [-0.2, 0) is 4.74 Å². The van der Waals surface area contributed by atoms with Crippen molar-refractivity contribution in [3.63, 3.8) is 0 Å².